The number of carboxylic acid groups (broad SMARTS) is 1. The van der Waals surface area contributed by atoms with Crippen molar-refractivity contribution in [2.24, 2.45) is 11.7 Å². The van der Waals surface area contributed by atoms with Gasteiger partial charge in [0, 0.05) is 36.6 Å². The molecule has 0 saturated heterocycles. The lowest BCUT2D eigenvalue weighted by Gasteiger charge is -2.23. The van der Waals surface area contributed by atoms with Gasteiger partial charge in [-0.3, -0.25) is 14.4 Å². The Morgan fingerprint density at radius 1 is 1.00 bits per heavy atom. The Hall–Kier alpha value is -3.74. The summed E-state index contributed by atoms with van der Waals surface area (Å²) in [6.07, 6.45) is 6.17. The average Bonchev–Trinajstić information content (AvgIpc) is 3.43. The van der Waals surface area contributed by atoms with Crippen molar-refractivity contribution < 1.29 is 24.3 Å². The first-order valence-electron chi connectivity index (χ1n) is 9.97. The van der Waals surface area contributed by atoms with Gasteiger partial charge >= 0.3 is 5.97 Å². The maximum absolute atomic E-state index is 12.7. The fourth-order valence-corrected chi connectivity index (χ4v) is 2.86. The number of amides is 3. The van der Waals surface area contributed by atoms with Crippen LogP contribution in [0, 0.1) is 5.92 Å². The van der Waals surface area contributed by atoms with Crippen molar-refractivity contribution >= 4 is 23.7 Å². The summed E-state index contributed by atoms with van der Waals surface area (Å²) in [6, 6.07) is -3.10. The molecule has 2 rings (SSSR count). The summed E-state index contributed by atoms with van der Waals surface area (Å²) in [5, 5.41) is 16.7. The van der Waals surface area contributed by atoms with E-state index >= 15 is 0 Å². The number of nitrogens with two attached hydrogens (primary N) is 1. The zero-order chi connectivity index (χ0) is 23.7. The highest BCUT2D eigenvalue weighted by atomic mass is 16.4. The van der Waals surface area contributed by atoms with Crippen LogP contribution in [0.2, 0.25) is 0 Å². The number of hydrogen-bond acceptors (Lipinski definition) is 7. The molecule has 13 nitrogen and oxygen atoms in total. The van der Waals surface area contributed by atoms with E-state index in [2.05, 4.69) is 35.9 Å². The maximum atomic E-state index is 12.7. The number of imidazole rings is 2. The fourth-order valence-electron chi connectivity index (χ4n) is 2.86. The predicted molar refractivity (Wildman–Crippen MR) is 112 cm³/mol. The molecule has 0 spiro atoms. The number of rotatable bonds is 12. The molecule has 0 aromatic carbocycles. The molecule has 32 heavy (non-hydrogen) atoms. The lowest BCUT2D eigenvalue weighted by Crippen LogP contribution is -2.55. The zero-order valence-corrected chi connectivity index (χ0v) is 17.8. The largest absolute Gasteiger partial charge is 0.480 e. The number of carbonyl (C=O) groups is 4. The molecule has 0 aliphatic heterocycles. The Morgan fingerprint density at radius 2 is 1.59 bits per heavy atom. The van der Waals surface area contributed by atoms with Gasteiger partial charge in [0.1, 0.15) is 12.1 Å². The van der Waals surface area contributed by atoms with Crippen molar-refractivity contribution in [2.75, 3.05) is 6.54 Å². The van der Waals surface area contributed by atoms with E-state index in [-0.39, 0.29) is 18.8 Å². The van der Waals surface area contributed by atoms with E-state index in [4.69, 9.17) is 5.73 Å². The minimum Gasteiger partial charge on any atom is -0.480 e. The van der Waals surface area contributed by atoms with E-state index < -0.39 is 48.4 Å². The van der Waals surface area contributed by atoms with E-state index in [1.807, 2.05) is 0 Å². The van der Waals surface area contributed by atoms with Gasteiger partial charge in [0.2, 0.25) is 17.7 Å². The highest BCUT2D eigenvalue weighted by Crippen LogP contribution is 2.05. The number of carboxylic acids is 1. The van der Waals surface area contributed by atoms with E-state index in [0.29, 0.717) is 11.4 Å². The molecule has 3 atom stereocenters. The quantitative estimate of drug-likeness (QED) is 0.194. The van der Waals surface area contributed by atoms with Crippen LogP contribution in [0.15, 0.2) is 25.0 Å². The summed E-state index contributed by atoms with van der Waals surface area (Å²) in [5.74, 6) is -3.40. The van der Waals surface area contributed by atoms with E-state index in [1.165, 1.54) is 18.9 Å². The third kappa shape index (κ3) is 7.50. The lowest BCUT2D eigenvalue weighted by molar-refractivity contribution is -0.143. The van der Waals surface area contributed by atoms with Crippen LogP contribution in [0.3, 0.4) is 0 Å². The molecule has 13 heteroatoms. The van der Waals surface area contributed by atoms with Crippen molar-refractivity contribution in [3.8, 4) is 0 Å². The first kappa shape index (κ1) is 24.5. The van der Waals surface area contributed by atoms with Crippen LogP contribution in [0.4, 0.5) is 0 Å². The second-order valence-corrected chi connectivity index (χ2v) is 7.57. The van der Waals surface area contributed by atoms with Crippen LogP contribution in [-0.4, -0.2) is 73.4 Å². The minimum absolute atomic E-state index is 0.0509. The van der Waals surface area contributed by atoms with Crippen LogP contribution in [-0.2, 0) is 32.0 Å². The van der Waals surface area contributed by atoms with Crippen molar-refractivity contribution in [3.05, 3.63) is 36.4 Å². The molecular weight excluding hydrogens is 420 g/mol. The van der Waals surface area contributed by atoms with E-state index in [0.717, 1.165) is 0 Å². The third-order valence-corrected chi connectivity index (χ3v) is 4.62. The van der Waals surface area contributed by atoms with Gasteiger partial charge in [0.15, 0.2) is 0 Å². The number of aromatic amines is 2. The van der Waals surface area contributed by atoms with Crippen LogP contribution < -0.4 is 21.7 Å². The number of H-pyrrole nitrogens is 2. The summed E-state index contributed by atoms with van der Waals surface area (Å²) in [6.45, 7) is 2.90. The number of aromatic nitrogens is 4. The molecule has 0 radical (unpaired) electrons. The van der Waals surface area contributed by atoms with E-state index in [9.17, 15) is 24.3 Å². The normalized spacial score (nSPS) is 13.8. The standard InChI is InChI=1S/C19H28N8O5/c1-10(2)16(19(31)32)27-18(30)14(4-12-6-22-9-25-12)26-15(28)7-23-17(29)13(20)3-11-5-21-8-24-11/h5-6,8-10,13-14,16H,3-4,7,20H2,1-2H3,(H,21,24)(H,22,25)(H,23,29)(H,26,28)(H,27,30)(H,31,32). The van der Waals surface area contributed by atoms with Gasteiger partial charge in [0.05, 0.1) is 25.2 Å². The first-order valence-corrected chi connectivity index (χ1v) is 9.97. The molecule has 0 bridgehead atoms. The second-order valence-electron chi connectivity index (χ2n) is 7.57. The molecule has 2 aromatic heterocycles. The topological polar surface area (TPSA) is 208 Å². The molecule has 8 N–H and O–H groups in total. The monoisotopic (exact) mass is 448 g/mol. The van der Waals surface area contributed by atoms with Gasteiger partial charge in [-0.25, -0.2) is 14.8 Å². The molecule has 3 amide bonds. The van der Waals surface area contributed by atoms with Crippen molar-refractivity contribution in [1.29, 1.82) is 0 Å². The fraction of sp³-hybridized carbons (Fsp3) is 0.474. The maximum Gasteiger partial charge on any atom is 0.326 e. The van der Waals surface area contributed by atoms with Crippen LogP contribution in [0.1, 0.15) is 25.2 Å². The van der Waals surface area contributed by atoms with Gasteiger partial charge < -0.3 is 36.8 Å². The highest BCUT2D eigenvalue weighted by molar-refractivity contribution is 5.92. The van der Waals surface area contributed by atoms with Crippen molar-refractivity contribution in [1.82, 2.24) is 35.9 Å². The number of nitrogens with one attached hydrogen (secondary N) is 5. The highest BCUT2D eigenvalue weighted by Gasteiger charge is 2.29. The number of carbonyl (C=O) groups excluding carboxylic acids is 3. The van der Waals surface area contributed by atoms with Gasteiger partial charge in [-0.2, -0.15) is 0 Å². The van der Waals surface area contributed by atoms with Gasteiger partial charge in [-0.05, 0) is 5.92 Å². The van der Waals surface area contributed by atoms with Crippen LogP contribution >= 0.6 is 0 Å². The average molecular weight is 448 g/mol. The Balaban J connectivity index is 1.95. The predicted octanol–water partition coefficient (Wildman–Crippen LogP) is -1.93. The van der Waals surface area contributed by atoms with Crippen LogP contribution in [0.5, 0.6) is 0 Å². The molecule has 0 aliphatic rings. The molecule has 0 saturated carbocycles. The Kier molecular flexibility index (Phi) is 8.89. The SMILES string of the molecule is CC(C)C(NC(=O)C(Cc1cnc[nH]1)NC(=O)CNC(=O)C(N)Cc1cnc[nH]1)C(=O)O. The van der Waals surface area contributed by atoms with Crippen molar-refractivity contribution in [2.45, 2.75) is 44.8 Å². The molecule has 2 aromatic rings. The Labute approximate surface area is 184 Å². The molecule has 174 valence electrons. The molecule has 3 unspecified atom stereocenters. The summed E-state index contributed by atoms with van der Waals surface area (Å²) in [7, 11) is 0. The Bertz CT molecular complexity index is 897. The Morgan fingerprint density at radius 3 is 2.09 bits per heavy atom. The van der Waals surface area contributed by atoms with Gasteiger partial charge in [-0.15, -0.1) is 0 Å². The van der Waals surface area contributed by atoms with E-state index in [1.54, 1.807) is 20.0 Å². The summed E-state index contributed by atoms with van der Waals surface area (Å²) < 4.78 is 0. The number of hydrogen-bond donors (Lipinski definition) is 7. The molecule has 0 aliphatic carbocycles. The van der Waals surface area contributed by atoms with Gasteiger partial charge in [0.25, 0.3) is 0 Å². The zero-order valence-electron chi connectivity index (χ0n) is 17.8. The first-order chi connectivity index (χ1) is 15.2. The number of aliphatic carboxylic acids is 1. The number of nitrogens with zero attached hydrogens (tertiary/aromatic N) is 2. The summed E-state index contributed by atoms with van der Waals surface area (Å²) in [5.41, 5.74) is 7.06. The second kappa shape index (κ2) is 11.6. The van der Waals surface area contributed by atoms with Gasteiger partial charge in [-0.1, -0.05) is 13.8 Å². The molecular formula is C19H28N8O5. The van der Waals surface area contributed by atoms with Crippen molar-refractivity contribution in [3.63, 3.8) is 0 Å². The van der Waals surface area contributed by atoms with Crippen LogP contribution in [0.25, 0.3) is 0 Å². The lowest BCUT2D eigenvalue weighted by atomic mass is 10.0. The molecule has 2 heterocycles. The molecule has 0 fully saturated rings. The minimum atomic E-state index is -1.18. The smallest absolute Gasteiger partial charge is 0.326 e. The third-order valence-electron chi connectivity index (χ3n) is 4.62. The summed E-state index contributed by atoms with van der Waals surface area (Å²) >= 11 is 0. The summed E-state index contributed by atoms with van der Waals surface area (Å²) in [4.78, 5) is 62.0.